The maximum absolute atomic E-state index is 12.6. The van der Waals surface area contributed by atoms with Gasteiger partial charge >= 0.3 is 0 Å². The molecule has 0 aliphatic carbocycles. The van der Waals surface area contributed by atoms with Crippen LogP contribution in [0.15, 0.2) is 83.8 Å². The van der Waals surface area contributed by atoms with E-state index in [1.165, 1.54) is 24.3 Å². The highest BCUT2D eigenvalue weighted by atomic mass is 32.2. The molecule has 0 aliphatic rings. The van der Waals surface area contributed by atoms with Crippen LogP contribution in [0.25, 0.3) is 15.8 Å². The second-order valence-corrected chi connectivity index (χ2v) is 9.46. The molecule has 0 saturated carbocycles. The lowest BCUT2D eigenvalue weighted by atomic mass is 10.0. The average Bonchev–Trinajstić information content (AvgIpc) is 3.27. The molecule has 0 bridgehead atoms. The standard InChI is InChI=1S/C23H20N4O3S2/c1-2-21-25-26-23(31-21)27-32(29,30)20-14-12-19(13-15-20)24-22(28)18-10-8-17(9-11-18)16-6-4-3-5-7-16/h3-15H,2H2,1H3,(H2,24,26,27,28)/p-1. The maximum Gasteiger partial charge on any atom is 0.255 e. The van der Waals surface area contributed by atoms with Crippen LogP contribution in [-0.2, 0) is 16.4 Å². The van der Waals surface area contributed by atoms with Crippen LogP contribution in [-0.4, -0.2) is 24.5 Å². The Balaban J connectivity index is 1.42. The van der Waals surface area contributed by atoms with E-state index in [1.54, 1.807) is 12.1 Å². The molecule has 0 radical (unpaired) electrons. The second-order valence-electron chi connectivity index (χ2n) is 6.82. The van der Waals surface area contributed by atoms with E-state index in [2.05, 4.69) is 20.2 Å². The first-order valence-corrected chi connectivity index (χ1v) is 12.1. The lowest BCUT2D eigenvalue weighted by Crippen LogP contribution is -2.11. The number of hydrogen-bond donors (Lipinski definition) is 1. The Hall–Kier alpha value is -3.56. The Morgan fingerprint density at radius 2 is 1.56 bits per heavy atom. The molecule has 1 heterocycles. The minimum absolute atomic E-state index is 0.0101. The summed E-state index contributed by atoms with van der Waals surface area (Å²) in [6.45, 7) is 1.91. The van der Waals surface area contributed by atoms with Gasteiger partial charge in [-0.25, -0.2) is 8.42 Å². The molecule has 32 heavy (non-hydrogen) atoms. The Morgan fingerprint density at radius 1 is 0.906 bits per heavy atom. The van der Waals surface area contributed by atoms with Crippen molar-refractivity contribution in [2.45, 2.75) is 18.2 Å². The summed E-state index contributed by atoms with van der Waals surface area (Å²) in [4.78, 5) is 12.6. The number of aromatic nitrogens is 2. The summed E-state index contributed by atoms with van der Waals surface area (Å²) in [6.07, 6.45) is 0.663. The lowest BCUT2D eigenvalue weighted by Gasteiger charge is -2.12. The van der Waals surface area contributed by atoms with Gasteiger partial charge in [0.2, 0.25) is 10.0 Å². The highest BCUT2D eigenvalue weighted by Gasteiger charge is 2.12. The van der Waals surface area contributed by atoms with Crippen molar-refractivity contribution in [3.05, 3.63) is 94.2 Å². The molecule has 0 spiro atoms. The highest BCUT2D eigenvalue weighted by Crippen LogP contribution is 2.31. The van der Waals surface area contributed by atoms with E-state index in [-0.39, 0.29) is 15.9 Å². The summed E-state index contributed by atoms with van der Waals surface area (Å²) in [7, 11) is -3.92. The molecular weight excluding hydrogens is 444 g/mol. The van der Waals surface area contributed by atoms with Gasteiger partial charge in [0, 0.05) is 16.4 Å². The number of aryl methyl sites for hydroxylation is 1. The van der Waals surface area contributed by atoms with Crippen molar-refractivity contribution in [1.82, 2.24) is 10.2 Å². The largest absolute Gasteiger partial charge is 0.342 e. The Kier molecular flexibility index (Phi) is 6.29. The van der Waals surface area contributed by atoms with E-state index in [4.69, 9.17) is 0 Å². The Bertz CT molecular complexity index is 1320. The van der Waals surface area contributed by atoms with Gasteiger partial charge in [-0.3, -0.25) is 9.89 Å². The van der Waals surface area contributed by atoms with Crippen molar-refractivity contribution in [3.8, 4) is 11.1 Å². The first kappa shape index (κ1) is 21.7. The van der Waals surface area contributed by atoms with Gasteiger partial charge in [0.15, 0.2) is 0 Å². The number of rotatable bonds is 7. The van der Waals surface area contributed by atoms with Crippen LogP contribution in [0.3, 0.4) is 0 Å². The van der Waals surface area contributed by atoms with Gasteiger partial charge in [0.1, 0.15) is 0 Å². The van der Waals surface area contributed by atoms with Crippen LogP contribution in [0.1, 0.15) is 22.3 Å². The fourth-order valence-electron chi connectivity index (χ4n) is 2.94. The summed E-state index contributed by atoms with van der Waals surface area (Å²) in [5.74, 6) is -0.286. The number of nitrogens with one attached hydrogen (secondary N) is 1. The van der Waals surface area contributed by atoms with Crippen molar-refractivity contribution in [3.63, 3.8) is 0 Å². The molecule has 1 amide bonds. The van der Waals surface area contributed by atoms with Crippen LogP contribution in [0.5, 0.6) is 0 Å². The molecule has 0 aliphatic heterocycles. The summed E-state index contributed by atoms with van der Waals surface area (Å²) in [5.41, 5.74) is 3.06. The number of amides is 1. The first-order valence-electron chi connectivity index (χ1n) is 9.82. The van der Waals surface area contributed by atoms with Gasteiger partial charge in [-0.1, -0.05) is 49.4 Å². The molecule has 7 nitrogen and oxygen atoms in total. The molecule has 0 unspecified atom stereocenters. The van der Waals surface area contributed by atoms with Crippen molar-refractivity contribution in [1.29, 1.82) is 0 Å². The summed E-state index contributed by atoms with van der Waals surface area (Å²) in [5, 5.41) is 11.2. The Morgan fingerprint density at radius 3 is 2.19 bits per heavy atom. The SMILES string of the molecule is CCc1nnc([N-]S(=O)(=O)c2ccc(NC(=O)c3ccc(-c4ccccc4)cc3)cc2)s1. The van der Waals surface area contributed by atoms with Crippen LogP contribution in [0.2, 0.25) is 0 Å². The molecule has 3 aromatic carbocycles. The smallest absolute Gasteiger partial charge is 0.255 e. The van der Waals surface area contributed by atoms with Crippen LogP contribution < -0.4 is 5.32 Å². The molecule has 1 aromatic heterocycles. The zero-order valence-corrected chi connectivity index (χ0v) is 18.7. The summed E-state index contributed by atoms with van der Waals surface area (Å²) < 4.78 is 28.7. The lowest BCUT2D eigenvalue weighted by molar-refractivity contribution is 0.102. The van der Waals surface area contributed by atoms with E-state index in [0.717, 1.165) is 22.5 Å². The normalized spacial score (nSPS) is 11.2. The molecule has 4 aromatic rings. The molecular formula is C23H19N4O3S2-. The Labute approximate surface area is 190 Å². The minimum atomic E-state index is -3.92. The molecule has 1 N–H and O–H groups in total. The van der Waals surface area contributed by atoms with Gasteiger partial charge in [0.25, 0.3) is 5.91 Å². The number of carbonyl (C=O) groups excluding carboxylic acids is 1. The van der Waals surface area contributed by atoms with Gasteiger partial charge < -0.3 is 15.1 Å². The molecule has 0 fully saturated rings. The highest BCUT2D eigenvalue weighted by molar-refractivity contribution is 7.94. The van der Waals surface area contributed by atoms with Crippen molar-refractivity contribution in [2.24, 2.45) is 0 Å². The van der Waals surface area contributed by atoms with Crippen molar-refractivity contribution >= 4 is 38.1 Å². The van der Waals surface area contributed by atoms with Crippen molar-refractivity contribution in [2.75, 3.05) is 5.32 Å². The fourth-order valence-corrected chi connectivity index (χ4v) is 4.73. The van der Waals surface area contributed by atoms with E-state index < -0.39 is 10.0 Å². The number of benzene rings is 3. The van der Waals surface area contributed by atoms with Crippen LogP contribution in [0, 0.1) is 0 Å². The van der Waals surface area contributed by atoms with E-state index in [9.17, 15) is 13.2 Å². The van der Waals surface area contributed by atoms with E-state index in [0.29, 0.717) is 22.7 Å². The second kappa shape index (κ2) is 9.29. The number of hydrogen-bond acceptors (Lipinski definition) is 6. The quantitative estimate of drug-likeness (QED) is 0.394. The molecule has 9 heteroatoms. The molecule has 4 rings (SSSR count). The molecule has 0 atom stereocenters. The van der Waals surface area contributed by atoms with Gasteiger partial charge in [-0.2, -0.15) is 0 Å². The minimum Gasteiger partial charge on any atom is -0.342 e. The summed E-state index contributed by atoms with van der Waals surface area (Å²) in [6, 6.07) is 23.0. The molecule has 0 saturated heterocycles. The fraction of sp³-hybridized carbons (Fsp3) is 0.0870. The predicted octanol–water partition coefficient (Wildman–Crippen LogP) is 5.41. The monoisotopic (exact) mass is 463 g/mol. The van der Waals surface area contributed by atoms with Crippen molar-refractivity contribution < 1.29 is 13.2 Å². The van der Waals surface area contributed by atoms with Crippen LogP contribution in [0.4, 0.5) is 10.8 Å². The summed E-state index contributed by atoms with van der Waals surface area (Å²) >= 11 is 1.14. The number of carbonyl (C=O) groups is 1. The van der Waals surface area contributed by atoms with Crippen LogP contribution >= 0.6 is 11.3 Å². The zero-order chi connectivity index (χ0) is 22.6. The van der Waals surface area contributed by atoms with Gasteiger partial charge in [-0.05, 0) is 53.9 Å². The number of sulfonamides is 1. The third-order valence-electron chi connectivity index (χ3n) is 4.62. The van der Waals surface area contributed by atoms with E-state index in [1.807, 2.05) is 49.4 Å². The maximum atomic E-state index is 12.6. The van der Waals surface area contributed by atoms with E-state index >= 15 is 0 Å². The molecule has 162 valence electrons. The van der Waals surface area contributed by atoms with Gasteiger partial charge in [0.05, 0.1) is 9.90 Å². The van der Waals surface area contributed by atoms with Gasteiger partial charge in [-0.15, -0.1) is 11.3 Å². The average molecular weight is 464 g/mol. The zero-order valence-electron chi connectivity index (χ0n) is 17.1. The number of nitrogens with zero attached hydrogens (tertiary/aromatic N) is 3. The third-order valence-corrected chi connectivity index (χ3v) is 6.98. The predicted molar refractivity (Wildman–Crippen MR) is 126 cm³/mol. The number of anilines is 1. The first-order chi connectivity index (χ1) is 15.4. The topological polar surface area (TPSA) is 103 Å². The third kappa shape index (κ3) is 5.01.